The molecule has 0 aliphatic heterocycles. The maximum atomic E-state index is 13.0. The Kier molecular flexibility index (Phi) is 5.40. The molecule has 4 N–H and O–H groups in total. The molecule has 0 fully saturated rings. The van der Waals surface area contributed by atoms with Crippen molar-refractivity contribution in [3.8, 4) is 0 Å². The Morgan fingerprint density at radius 2 is 1.83 bits per heavy atom. The fourth-order valence-corrected chi connectivity index (χ4v) is 2.71. The molecule has 1 aromatic heterocycles. The molecular formula is C20H18FN5O3. The first kappa shape index (κ1) is 19.7. The number of aromatic amines is 1. The molecule has 8 nitrogen and oxygen atoms in total. The standard InChI is InChI=1S/C20H18FN5O3/c1-11-9-14(26(2)20(29)17-16(18(22)27)23-10-24-17)7-8-15(11)25-19(28)12-3-5-13(21)6-4-12/h3-10H,1-2H3,(H2,22,27)(H,23,24)(H,25,28). The molecule has 0 unspecified atom stereocenters. The molecule has 3 amide bonds. The van der Waals surface area contributed by atoms with Crippen LogP contribution in [0.4, 0.5) is 15.8 Å². The quantitative estimate of drug-likeness (QED) is 0.614. The van der Waals surface area contributed by atoms with Crippen LogP contribution in [0.3, 0.4) is 0 Å². The number of carbonyl (C=O) groups excluding carboxylic acids is 3. The highest BCUT2D eigenvalue weighted by Gasteiger charge is 2.23. The van der Waals surface area contributed by atoms with Gasteiger partial charge in [0.25, 0.3) is 17.7 Å². The maximum Gasteiger partial charge on any atom is 0.279 e. The average Bonchev–Trinajstić information content (AvgIpc) is 3.19. The Morgan fingerprint density at radius 1 is 1.14 bits per heavy atom. The van der Waals surface area contributed by atoms with Crippen LogP contribution in [0.15, 0.2) is 48.8 Å². The number of nitrogens with one attached hydrogen (secondary N) is 2. The number of amides is 3. The zero-order valence-corrected chi connectivity index (χ0v) is 15.7. The van der Waals surface area contributed by atoms with Gasteiger partial charge < -0.3 is 20.9 Å². The van der Waals surface area contributed by atoms with Crippen molar-refractivity contribution in [2.75, 3.05) is 17.3 Å². The molecule has 0 bridgehead atoms. The normalized spacial score (nSPS) is 10.4. The Morgan fingerprint density at radius 3 is 2.45 bits per heavy atom. The summed E-state index contributed by atoms with van der Waals surface area (Å²) in [7, 11) is 1.54. The first-order valence-electron chi connectivity index (χ1n) is 8.56. The van der Waals surface area contributed by atoms with E-state index in [1.54, 1.807) is 25.1 Å². The summed E-state index contributed by atoms with van der Waals surface area (Å²) in [4.78, 5) is 44.1. The number of primary amides is 1. The summed E-state index contributed by atoms with van der Waals surface area (Å²) in [5.74, 6) is -2.10. The molecule has 3 rings (SSSR count). The van der Waals surface area contributed by atoms with Crippen LogP contribution >= 0.6 is 0 Å². The van der Waals surface area contributed by atoms with Gasteiger partial charge >= 0.3 is 0 Å². The van der Waals surface area contributed by atoms with Crippen LogP contribution in [0.5, 0.6) is 0 Å². The number of aryl methyl sites for hydroxylation is 1. The number of H-pyrrole nitrogens is 1. The van der Waals surface area contributed by atoms with Gasteiger partial charge in [0.15, 0.2) is 5.69 Å². The summed E-state index contributed by atoms with van der Waals surface area (Å²) in [5, 5.41) is 2.75. The van der Waals surface area contributed by atoms with Crippen LogP contribution in [0.1, 0.15) is 36.9 Å². The molecular weight excluding hydrogens is 377 g/mol. The van der Waals surface area contributed by atoms with Gasteiger partial charge in [-0.05, 0) is 55.0 Å². The minimum absolute atomic E-state index is 0.0678. The SMILES string of the molecule is Cc1cc(N(C)C(=O)c2nc[nH]c2C(N)=O)ccc1NC(=O)c1ccc(F)cc1. The van der Waals surface area contributed by atoms with Crippen molar-refractivity contribution < 1.29 is 18.8 Å². The third kappa shape index (κ3) is 4.13. The summed E-state index contributed by atoms with van der Waals surface area (Å²) < 4.78 is 13.0. The third-order valence-corrected chi connectivity index (χ3v) is 4.34. The van der Waals surface area contributed by atoms with E-state index in [1.165, 1.54) is 42.5 Å². The van der Waals surface area contributed by atoms with E-state index in [0.29, 0.717) is 22.5 Å². The van der Waals surface area contributed by atoms with E-state index in [0.717, 1.165) is 0 Å². The Hall–Kier alpha value is -4.01. The summed E-state index contributed by atoms with van der Waals surface area (Å²) in [5.41, 5.74) is 7.19. The number of nitrogens with zero attached hydrogens (tertiary/aromatic N) is 2. The van der Waals surface area contributed by atoms with Crippen molar-refractivity contribution in [2.45, 2.75) is 6.92 Å². The van der Waals surface area contributed by atoms with E-state index in [1.807, 2.05) is 0 Å². The second-order valence-corrected chi connectivity index (χ2v) is 6.31. The summed E-state index contributed by atoms with van der Waals surface area (Å²) in [6.07, 6.45) is 1.22. The lowest BCUT2D eigenvalue weighted by Gasteiger charge is -2.18. The largest absolute Gasteiger partial charge is 0.364 e. The van der Waals surface area contributed by atoms with Crippen molar-refractivity contribution in [3.05, 3.63) is 77.1 Å². The molecule has 0 aliphatic carbocycles. The van der Waals surface area contributed by atoms with Crippen LogP contribution in [0, 0.1) is 12.7 Å². The molecule has 29 heavy (non-hydrogen) atoms. The molecule has 0 spiro atoms. The molecule has 3 aromatic rings. The van der Waals surface area contributed by atoms with Gasteiger partial charge in [0.2, 0.25) is 0 Å². The van der Waals surface area contributed by atoms with Crippen LogP contribution in [-0.4, -0.2) is 34.7 Å². The number of aromatic nitrogens is 2. The van der Waals surface area contributed by atoms with Crippen molar-refractivity contribution in [1.29, 1.82) is 0 Å². The molecule has 2 aromatic carbocycles. The van der Waals surface area contributed by atoms with Crippen molar-refractivity contribution >= 4 is 29.1 Å². The topological polar surface area (TPSA) is 121 Å². The zero-order valence-electron chi connectivity index (χ0n) is 15.7. The van der Waals surface area contributed by atoms with E-state index in [4.69, 9.17) is 5.73 Å². The second kappa shape index (κ2) is 7.93. The van der Waals surface area contributed by atoms with E-state index < -0.39 is 17.6 Å². The number of hydrogen-bond donors (Lipinski definition) is 3. The summed E-state index contributed by atoms with van der Waals surface area (Å²) in [6.45, 7) is 1.77. The fourth-order valence-electron chi connectivity index (χ4n) is 2.71. The predicted octanol–water partition coefficient (Wildman–Crippen LogP) is 2.49. The van der Waals surface area contributed by atoms with Crippen LogP contribution < -0.4 is 16.0 Å². The van der Waals surface area contributed by atoms with E-state index >= 15 is 0 Å². The zero-order chi connectivity index (χ0) is 21.1. The van der Waals surface area contributed by atoms with Gasteiger partial charge in [0, 0.05) is 24.0 Å². The number of imidazole rings is 1. The van der Waals surface area contributed by atoms with Crippen LogP contribution in [0.25, 0.3) is 0 Å². The molecule has 0 saturated carbocycles. The second-order valence-electron chi connectivity index (χ2n) is 6.31. The van der Waals surface area contributed by atoms with Gasteiger partial charge in [0.05, 0.1) is 6.33 Å². The lowest BCUT2D eigenvalue weighted by atomic mass is 10.1. The number of benzene rings is 2. The molecule has 148 valence electrons. The molecule has 0 radical (unpaired) electrons. The number of carbonyl (C=O) groups is 3. The lowest BCUT2D eigenvalue weighted by Crippen LogP contribution is -2.29. The number of halogens is 1. The van der Waals surface area contributed by atoms with Gasteiger partial charge in [-0.3, -0.25) is 14.4 Å². The monoisotopic (exact) mass is 395 g/mol. The minimum atomic E-state index is -0.783. The van der Waals surface area contributed by atoms with Gasteiger partial charge in [-0.1, -0.05) is 0 Å². The molecule has 0 saturated heterocycles. The molecule has 1 heterocycles. The summed E-state index contributed by atoms with van der Waals surface area (Å²) in [6, 6.07) is 10.2. The predicted molar refractivity (Wildman–Crippen MR) is 105 cm³/mol. The summed E-state index contributed by atoms with van der Waals surface area (Å²) >= 11 is 0. The maximum absolute atomic E-state index is 13.0. The minimum Gasteiger partial charge on any atom is -0.364 e. The number of anilines is 2. The highest BCUT2D eigenvalue weighted by molar-refractivity contribution is 6.11. The molecule has 9 heteroatoms. The Bertz CT molecular complexity index is 1090. The number of nitrogens with two attached hydrogens (primary N) is 1. The van der Waals surface area contributed by atoms with Gasteiger partial charge in [-0.25, -0.2) is 9.37 Å². The molecule has 0 atom stereocenters. The average molecular weight is 395 g/mol. The highest BCUT2D eigenvalue weighted by atomic mass is 19.1. The van der Waals surface area contributed by atoms with Crippen molar-refractivity contribution in [3.63, 3.8) is 0 Å². The van der Waals surface area contributed by atoms with E-state index in [9.17, 15) is 18.8 Å². The van der Waals surface area contributed by atoms with E-state index in [-0.39, 0.29) is 17.3 Å². The number of rotatable bonds is 5. The highest BCUT2D eigenvalue weighted by Crippen LogP contribution is 2.24. The van der Waals surface area contributed by atoms with Gasteiger partial charge in [0.1, 0.15) is 11.5 Å². The first-order valence-corrected chi connectivity index (χ1v) is 8.56. The third-order valence-electron chi connectivity index (χ3n) is 4.34. The number of hydrogen-bond acceptors (Lipinski definition) is 4. The van der Waals surface area contributed by atoms with Crippen LogP contribution in [0.2, 0.25) is 0 Å². The Labute approximate surface area is 165 Å². The van der Waals surface area contributed by atoms with Crippen molar-refractivity contribution in [1.82, 2.24) is 9.97 Å². The lowest BCUT2D eigenvalue weighted by molar-refractivity contribution is 0.0958. The van der Waals surface area contributed by atoms with E-state index in [2.05, 4.69) is 15.3 Å². The van der Waals surface area contributed by atoms with Crippen LogP contribution in [-0.2, 0) is 0 Å². The fraction of sp³-hybridized carbons (Fsp3) is 0.100. The molecule has 0 aliphatic rings. The smallest absolute Gasteiger partial charge is 0.279 e. The Balaban J connectivity index is 1.78. The van der Waals surface area contributed by atoms with Gasteiger partial charge in [-0.2, -0.15) is 0 Å². The van der Waals surface area contributed by atoms with Gasteiger partial charge in [-0.15, -0.1) is 0 Å². The van der Waals surface area contributed by atoms with Crippen molar-refractivity contribution in [2.24, 2.45) is 5.73 Å². The first-order chi connectivity index (χ1) is 13.8.